The molecule has 0 N–H and O–H groups in total. The molecule has 73 heavy (non-hydrogen) atoms. The van der Waals surface area contributed by atoms with Crippen LogP contribution in [0.1, 0.15) is 51.7 Å². The Morgan fingerprint density at radius 3 is 1.37 bits per heavy atom. The normalized spacial score (nSPS) is 14.4. The van der Waals surface area contributed by atoms with Crippen molar-refractivity contribution in [3.63, 3.8) is 0 Å². The second-order valence-corrected chi connectivity index (χ2v) is 17.7. The van der Waals surface area contributed by atoms with Crippen molar-refractivity contribution < 1.29 is 4.74 Å². The SMILES string of the molecule is CCn1nc(-c2cccc(C)c2)n2nc(C)c(N=C3N=C(c4ccccc4)N=C3c3ccccc3)c12.COc1ccc(C2=NC(=Nc3c(C)nn4c(-c5cccc(C)c5)nn(C)c34)C(c3ccccc3)=N2)cc1. The van der Waals surface area contributed by atoms with E-state index in [1.807, 2.05) is 173 Å². The molecule has 0 aliphatic carbocycles. The largest absolute Gasteiger partial charge is 0.497 e. The number of aryl methyl sites for hydroxylation is 6. The molecule has 0 amide bonds. The van der Waals surface area contributed by atoms with Gasteiger partial charge in [-0.05, 0) is 71.0 Å². The van der Waals surface area contributed by atoms with Crippen LogP contribution in [0.4, 0.5) is 11.4 Å². The highest BCUT2D eigenvalue weighted by Gasteiger charge is 2.27. The number of fused-ring (bicyclic) bond motifs is 2. The third-order valence-corrected chi connectivity index (χ3v) is 12.5. The Kier molecular flexibility index (Phi) is 12.2. The van der Waals surface area contributed by atoms with Crippen LogP contribution in [0.3, 0.4) is 0 Å². The summed E-state index contributed by atoms with van der Waals surface area (Å²) in [5, 5.41) is 19.3. The van der Waals surface area contributed by atoms with E-state index in [2.05, 4.69) is 51.1 Å². The van der Waals surface area contributed by atoms with Gasteiger partial charge in [-0.3, -0.25) is 0 Å². The number of hydrogen-bond acceptors (Lipinski definition) is 9. The summed E-state index contributed by atoms with van der Waals surface area (Å²) in [6.07, 6.45) is 0. The number of aliphatic imine (C=N–C) groups is 6. The number of rotatable bonds is 10. The summed E-state index contributed by atoms with van der Waals surface area (Å²) in [6, 6.07) is 54.3. The van der Waals surface area contributed by atoms with Crippen LogP contribution in [0.2, 0.25) is 0 Å². The first-order chi connectivity index (χ1) is 35.6. The summed E-state index contributed by atoms with van der Waals surface area (Å²) in [5.41, 5.74) is 14.3. The van der Waals surface area contributed by atoms with Crippen LogP contribution in [0.25, 0.3) is 34.1 Å². The molecule has 4 aromatic heterocycles. The third-order valence-electron chi connectivity index (χ3n) is 12.5. The van der Waals surface area contributed by atoms with Crippen molar-refractivity contribution in [1.82, 2.24) is 38.8 Å². The van der Waals surface area contributed by atoms with Crippen LogP contribution < -0.4 is 4.74 Å². The number of nitrogens with zero attached hydrogens (tertiary/aromatic N) is 14. The molecule has 0 radical (unpaired) electrons. The van der Waals surface area contributed by atoms with E-state index in [-0.39, 0.29) is 0 Å². The van der Waals surface area contributed by atoms with Crippen LogP contribution in [0.5, 0.6) is 5.75 Å². The number of methoxy groups -OCH3 is 1. The minimum Gasteiger partial charge on any atom is -0.497 e. The summed E-state index contributed by atoms with van der Waals surface area (Å²) in [4.78, 5) is 29.6. The minimum absolute atomic E-state index is 0.535. The van der Waals surface area contributed by atoms with Gasteiger partial charge in [0.25, 0.3) is 0 Å². The maximum Gasteiger partial charge on any atom is 0.183 e. The van der Waals surface area contributed by atoms with Gasteiger partial charge in [-0.1, -0.05) is 139 Å². The number of amidine groups is 4. The predicted octanol–water partition coefficient (Wildman–Crippen LogP) is 11.2. The van der Waals surface area contributed by atoms with Gasteiger partial charge in [-0.2, -0.15) is 29.4 Å². The van der Waals surface area contributed by atoms with Gasteiger partial charge in [0, 0.05) is 47.0 Å². The number of ether oxygens (including phenoxy) is 1. The standard InChI is InChI=1S/C29H25N7O.C29H25N7/c1-18-9-8-12-22(17-18)28-34-35(3)29-24(19(2)33-36(28)29)30-27-25(20-10-6-5-7-11-20)31-26(32-27)21-13-15-23(37-4)16-14-21;1-4-35-29-24(20(3)33-36(29)28(34-35)23-17-11-12-19(2)18-23)30-27-25(21-13-7-5-8-14-21)31-26(32-27)22-15-9-6-10-16-22/h5-17H,1-4H3;5-18H,4H2,1-3H3. The van der Waals surface area contributed by atoms with Crippen molar-refractivity contribution >= 4 is 57.4 Å². The third kappa shape index (κ3) is 8.88. The molecule has 15 nitrogen and oxygen atoms in total. The molecular weight excluding hydrogens is 909 g/mol. The highest BCUT2D eigenvalue weighted by molar-refractivity contribution is 6.55. The van der Waals surface area contributed by atoms with Crippen LogP contribution in [0.15, 0.2) is 194 Å². The molecule has 15 heteroatoms. The summed E-state index contributed by atoms with van der Waals surface area (Å²) < 4.78 is 12.8. The van der Waals surface area contributed by atoms with E-state index in [0.717, 1.165) is 90.4 Å². The Morgan fingerprint density at radius 1 is 0.452 bits per heavy atom. The van der Waals surface area contributed by atoms with E-state index in [1.54, 1.807) is 7.11 Å². The summed E-state index contributed by atoms with van der Waals surface area (Å²) >= 11 is 0. The smallest absolute Gasteiger partial charge is 0.183 e. The highest BCUT2D eigenvalue weighted by Crippen LogP contribution is 2.33. The van der Waals surface area contributed by atoms with E-state index in [1.165, 1.54) is 5.56 Å². The van der Waals surface area contributed by atoms with E-state index >= 15 is 0 Å². The molecule has 0 spiro atoms. The average Bonchev–Trinajstić information content (AvgIpc) is 4.29. The fraction of sp³-hybridized carbons (Fsp3) is 0.138. The molecule has 2 aliphatic heterocycles. The quantitative estimate of drug-likeness (QED) is 0.133. The minimum atomic E-state index is 0.535. The zero-order chi connectivity index (χ0) is 50.2. The van der Waals surface area contributed by atoms with Gasteiger partial charge in [0.15, 0.2) is 46.3 Å². The zero-order valence-electron chi connectivity index (χ0n) is 41.5. The molecule has 0 saturated carbocycles. The van der Waals surface area contributed by atoms with Crippen molar-refractivity contribution in [2.24, 2.45) is 37.0 Å². The van der Waals surface area contributed by atoms with Gasteiger partial charge >= 0.3 is 0 Å². The lowest BCUT2D eigenvalue weighted by atomic mass is 10.1. The Balaban J connectivity index is 0.000000157. The molecule has 0 bridgehead atoms. The van der Waals surface area contributed by atoms with Crippen molar-refractivity contribution in [3.8, 4) is 28.5 Å². The van der Waals surface area contributed by atoms with Crippen LogP contribution >= 0.6 is 0 Å². The summed E-state index contributed by atoms with van der Waals surface area (Å²) in [7, 11) is 3.56. The molecule has 6 heterocycles. The summed E-state index contributed by atoms with van der Waals surface area (Å²) in [6.45, 7) is 10.8. The van der Waals surface area contributed by atoms with Gasteiger partial charge in [0.1, 0.15) is 28.5 Å². The Hall–Kier alpha value is -9.50. The monoisotopic (exact) mass is 958 g/mol. The Bertz CT molecular complexity index is 3900. The molecule has 358 valence electrons. The fourth-order valence-electron chi connectivity index (χ4n) is 8.88. The molecular formula is C58H50N14O. The summed E-state index contributed by atoms with van der Waals surface area (Å²) in [5.74, 6) is 4.70. The molecule has 10 aromatic rings. The van der Waals surface area contributed by atoms with E-state index in [0.29, 0.717) is 41.3 Å². The molecule has 2 aliphatic rings. The predicted molar refractivity (Wildman–Crippen MR) is 291 cm³/mol. The Labute approximate surface area is 421 Å². The lowest BCUT2D eigenvalue weighted by molar-refractivity contribution is 0.415. The maximum atomic E-state index is 5.30. The lowest BCUT2D eigenvalue weighted by Crippen LogP contribution is -2.09. The second kappa shape index (κ2) is 19.4. The van der Waals surface area contributed by atoms with Gasteiger partial charge in [-0.25, -0.2) is 39.3 Å². The van der Waals surface area contributed by atoms with Crippen LogP contribution in [0, 0.1) is 27.7 Å². The van der Waals surface area contributed by atoms with Crippen LogP contribution in [-0.4, -0.2) is 80.7 Å². The van der Waals surface area contributed by atoms with Crippen molar-refractivity contribution in [2.75, 3.05) is 7.11 Å². The topological polar surface area (TPSA) is 154 Å². The van der Waals surface area contributed by atoms with Gasteiger partial charge in [-0.15, -0.1) is 0 Å². The lowest BCUT2D eigenvalue weighted by Gasteiger charge is -2.02. The molecule has 6 aromatic carbocycles. The number of hydrogen-bond donors (Lipinski definition) is 0. The van der Waals surface area contributed by atoms with Gasteiger partial charge in [0.2, 0.25) is 0 Å². The fourth-order valence-corrected chi connectivity index (χ4v) is 8.88. The van der Waals surface area contributed by atoms with Gasteiger partial charge in [0.05, 0.1) is 18.5 Å². The van der Waals surface area contributed by atoms with E-state index in [4.69, 9.17) is 55.1 Å². The van der Waals surface area contributed by atoms with Crippen molar-refractivity contribution in [3.05, 3.63) is 209 Å². The number of benzene rings is 6. The first-order valence-electron chi connectivity index (χ1n) is 24.0. The van der Waals surface area contributed by atoms with Crippen LogP contribution in [-0.2, 0) is 13.6 Å². The highest BCUT2D eigenvalue weighted by atomic mass is 16.5. The number of aromatic nitrogens is 8. The molecule has 0 saturated heterocycles. The van der Waals surface area contributed by atoms with E-state index < -0.39 is 0 Å². The molecule has 0 atom stereocenters. The first-order valence-corrected chi connectivity index (χ1v) is 24.0. The maximum absolute atomic E-state index is 5.30. The molecule has 0 unspecified atom stereocenters. The Morgan fingerprint density at radius 2 is 0.890 bits per heavy atom. The first kappa shape index (κ1) is 45.9. The van der Waals surface area contributed by atoms with Gasteiger partial charge < -0.3 is 4.74 Å². The van der Waals surface area contributed by atoms with Crippen molar-refractivity contribution in [2.45, 2.75) is 41.2 Å². The average molecular weight is 959 g/mol. The molecule has 12 rings (SSSR count). The van der Waals surface area contributed by atoms with Crippen molar-refractivity contribution in [1.29, 1.82) is 0 Å². The molecule has 0 fully saturated rings. The zero-order valence-corrected chi connectivity index (χ0v) is 41.5. The van der Waals surface area contributed by atoms with E-state index in [9.17, 15) is 0 Å². The second-order valence-electron chi connectivity index (χ2n) is 17.7.